The van der Waals surface area contributed by atoms with Crippen molar-refractivity contribution in [1.29, 1.82) is 0 Å². The Morgan fingerprint density at radius 2 is 1.96 bits per heavy atom. The molecule has 1 aliphatic heterocycles. The maximum atomic E-state index is 12.8. The van der Waals surface area contributed by atoms with Crippen molar-refractivity contribution >= 4 is 11.7 Å². The van der Waals surface area contributed by atoms with Crippen molar-refractivity contribution in [1.82, 2.24) is 24.8 Å². The van der Waals surface area contributed by atoms with Crippen LogP contribution in [0.5, 0.6) is 0 Å². The lowest BCUT2D eigenvalue weighted by molar-refractivity contribution is 0.0730. The zero-order valence-electron chi connectivity index (χ0n) is 15.7. The number of aromatic nitrogens is 4. The van der Waals surface area contributed by atoms with Crippen molar-refractivity contribution in [2.75, 3.05) is 25.5 Å². The fraction of sp³-hybridized carbons (Fsp3) is 0.250. The lowest BCUT2D eigenvalue weighted by Gasteiger charge is -2.30. The number of anilines is 1. The highest BCUT2D eigenvalue weighted by molar-refractivity contribution is 5.94. The van der Waals surface area contributed by atoms with Crippen molar-refractivity contribution in [3.8, 4) is 11.4 Å². The summed E-state index contributed by atoms with van der Waals surface area (Å²) >= 11 is 0. The summed E-state index contributed by atoms with van der Waals surface area (Å²) in [6.07, 6.45) is 5.55. The maximum absolute atomic E-state index is 12.8. The van der Waals surface area contributed by atoms with Gasteiger partial charge in [-0.1, -0.05) is 0 Å². The van der Waals surface area contributed by atoms with E-state index >= 15 is 0 Å². The monoisotopic (exact) mass is 376 g/mol. The van der Waals surface area contributed by atoms with E-state index in [1.807, 2.05) is 31.1 Å². The van der Waals surface area contributed by atoms with E-state index in [-0.39, 0.29) is 17.0 Å². The Balaban J connectivity index is 1.73. The van der Waals surface area contributed by atoms with E-state index < -0.39 is 0 Å². The number of carbonyl (C=O) groups excluding carboxylic acids is 1. The van der Waals surface area contributed by atoms with Crippen LogP contribution in [0.25, 0.3) is 11.4 Å². The standard InChI is InChI=1S/C20H20N6O2/c1-25(2)18-14-7-11-26(20(28)15-4-3-8-22-19(15)27)12-16(14)23-17(24-18)13-5-9-21-10-6-13/h3-6,8-10H,7,11-12H2,1-2H3,(H,22,27). The van der Waals surface area contributed by atoms with Gasteiger partial charge in [0.15, 0.2) is 5.82 Å². The van der Waals surface area contributed by atoms with Crippen LogP contribution in [0.4, 0.5) is 5.82 Å². The molecular formula is C20H20N6O2. The molecule has 1 aliphatic rings. The second-order valence-corrected chi connectivity index (χ2v) is 6.82. The van der Waals surface area contributed by atoms with Gasteiger partial charge in [-0.2, -0.15) is 0 Å². The molecule has 142 valence electrons. The molecule has 3 aromatic rings. The van der Waals surface area contributed by atoms with Gasteiger partial charge in [0.2, 0.25) is 0 Å². The molecule has 1 amide bonds. The van der Waals surface area contributed by atoms with Crippen molar-refractivity contribution < 1.29 is 4.79 Å². The highest BCUT2D eigenvalue weighted by atomic mass is 16.2. The maximum Gasteiger partial charge on any atom is 0.260 e. The second-order valence-electron chi connectivity index (χ2n) is 6.82. The van der Waals surface area contributed by atoms with Crippen LogP contribution in [0.1, 0.15) is 21.6 Å². The summed E-state index contributed by atoms with van der Waals surface area (Å²) < 4.78 is 0. The molecule has 1 N–H and O–H groups in total. The molecular weight excluding hydrogens is 356 g/mol. The van der Waals surface area contributed by atoms with Crippen molar-refractivity contribution in [2.45, 2.75) is 13.0 Å². The zero-order chi connectivity index (χ0) is 19.7. The summed E-state index contributed by atoms with van der Waals surface area (Å²) in [5, 5.41) is 0. The second kappa shape index (κ2) is 7.22. The topological polar surface area (TPSA) is 95.1 Å². The summed E-state index contributed by atoms with van der Waals surface area (Å²) in [6, 6.07) is 6.91. The molecule has 0 fully saturated rings. The zero-order valence-corrected chi connectivity index (χ0v) is 15.7. The van der Waals surface area contributed by atoms with E-state index in [1.165, 1.54) is 6.20 Å². The molecule has 0 atom stereocenters. The van der Waals surface area contributed by atoms with E-state index in [0.717, 1.165) is 22.6 Å². The predicted molar refractivity (Wildman–Crippen MR) is 105 cm³/mol. The third kappa shape index (κ3) is 3.24. The summed E-state index contributed by atoms with van der Waals surface area (Å²) in [5.74, 6) is 1.15. The fourth-order valence-corrected chi connectivity index (χ4v) is 3.34. The smallest absolute Gasteiger partial charge is 0.260 e. The first-order valence-electron chi connectivity index (χ1n) is 8.99. The molecule has 0 aliphatic carbocycles. The molecule has 0 radical (unpaired) electrons. The molecule has 0 saturated carbocycles. The quantitative estimate of drug-likeness (QED) is 0.744. The van der Waals surface area contributed by atoms with Crippen molar-refractivity contribution in [3.05, 3.63) is 70.0 Å². The average Bonchev–Trinajstić information content (AvgIpc) is 2.73. The van der Waals surface area contributed by atoms with Gasteiger partial charge in [0.1, 0.15) is 11.4 Å². The molecule has 0 spiro atoms. The summed E-state index contributed by atoms with van der Waals surface area (Å²) in [4.78, 5) is 44.5. The van der Waals surface area contributed by atoms with E-state index in [0.29, 0.717) is 25.3 Å². The Labute approximate surface area is 161 Å². The number of aromatic amines is 1. The number of fused-ring (bicyclic) bond motifs is 1. The predicted octanol–water partition coefficient (Wildman–Crippen LogP) is 1.49. The van der Waals surface area contributed by atoms with Gasteiger partial charge in [0.25, 0.3) is 11.5 Å². The van der Waals surface area contributed by atoms with Gasteiger partial charge < -0.3 is 14.8 Å². The minimum atomic E-state index is -0.382. The summed E-state index contributed by atoms with van der Waals surface area (Å²) in [5.41, 5.74) is 2.46. The third-order valence-electron chi connectivity index (χ3n) is 4.74. The van der Waals surface area contributed by atoms with Gasteiger partial charge in [-0.05, 0) is 30.7 Å². The largest absolute Gasteiger partial charge is 0.362 e. The van der Waals surface area contributed by atoms with Crippen molar-refractivity contribution in [3.63, 3.8) is 0 Å². The summed E-state index contributed by atoms with van der Waals surface area (Å²) in [6.45, 7) is 0.850. The molecule has 8 heteroatoms. The van der Waals surface area contributed by atoms with Crippen LogP contribution in [-0.2, 0) is 13.0 Å². The van der Waals surface area contributed by atoms with Gasteiger partial charge in [-0.15, -0.1) is 0 Å². The van der Waals surface area contributed by atoms with Crippen LogP contribution in [0.2, 0.25) is 0 Å². The molecule has 4 rings (SSSR count). The normalized spacial score (nSPS) is 13.1. The Hall–Kier alpha value is -3.55. The Kier molecular flexibility index (Phi) is 4.60. The van der Waals surface area contributed by atoms with Crippen LogP contribution in [-0.4, -0.2) is 51.4 Å². The first-order chi connectivity index (χ1) is 13.5. The van der Waals surface area contributed by atoms with Crippen LogP contribution in [0.15, 0.2) is 47.7 Å². The minimum absolute atomic E-state index is 0.141. The molecule has 0 bridgehead atoms. The van der Waals surface area contributed by atoms with Gasteiger partial charge in [0, 0.05) is 50.4 Å². The van der Waals surface area contributed by atoms with Crippen LogP contribution in [0, 0.1) is 0 Å². The first-order valence-corrected chi connectivity index (χ1v) is 8.99. The SMILES string of the molecule is CN(C)c1nc(-c2ccncc2)nc2c1CCN(C(=O)c1ccc[nH]c1=O)C2. The molecule has 0 saturated heterocycles. The first kappa shape index (κ1) is 17.8. The minimum Gasteiger partial charge on any atom is -0.362 e. The number of H-pyrrole nitrogens is 1. The number of rotatable bonds is 3. The van der Waals surface area contributed by atoms with Gasteiger partial charge in [-0.3, -0.25) is 14.6 Å². The van der Waals surface area contributed by atoms with E-state index in [9.17, 15) is 9.59 Å². The average molecular weight is 376 g/mol. The lowest BCUT2D eigenvalue weighted by atomic mass is 10.0. The lowest BCUT2D eigenvalue weighted by Crippen LogP contribution is -2.39. The summed E-state index contributed by atoms with van der Waals surface area (Å²) in [7, 11) is 3.89. The highest BCUT2D eigenvalue weighted by Gasteiger charge is 2.27. The molecule has 0 aromatic carbocycles. The van der Waals surface area contributed by atoms with Gasteiger partial charge in [-0.25, -0.2) is 9.97 Å². The highest BCUT2D eigenvalue weighted by Crippen LogP contribution is 2.28. The van der Waals surface area contributed by atoms with E-state index in [2.05, 4.69) is 9.97 Å². The Bertz CT molecular complexity index is 1080. The molecule has 28 heavy (non-hydrogen) atoms. The number of carbonyl (C=O) groups is 1. The number of hydrogen-bond acceptors (Lipinski definition) is 6. The van der Waals surface area contributed by atoms with E-state index in [4.69, 9.17) is 9.97 Å². The number of hydrogen-bond donors (Lipinski definition) is 1. The van der Waals surface area contributed by atoms with Crippen molar-refractivity contribution in [2.24, 2.45) is 0 Å². The third-order valence-corrected chi connectivity index (χ3v) is 4.74. The molecule has 8 nitrogen and oxygen atoms in total. The number of amides is 1. The number of nitrogens with one attached hydrogen (secondary N) is 1. The fourth-order valence-electron chi connectivity index (χ4n) is 3.34. The van der Waals surface area contributed by atoms with Crippen LogP contribution >= 0.6 is 0 Å². The molecule has 0 unspecified atom stereocenters. The van der Waals surface area contributed by atoms with Gasteiger partial charge >= 0.3 is 0 Å². The number of pyridine rings is 2. The van der Waals surface area contributed by atoms with E-state index in [1.54, 1.807) is 29.4 Å². The van der Waals surface area contributed by atoms with Crippen LogP contribution < -0.4 is 10.5 Å². The Morgan fingerprint density at radius 3 is 2.68 bits per heavy atom. The molecule has 3 aromatic heterocycles. The van der Waals surface area contributed by atoms with Gasteiger partial charge in [0.05, 0.1) is 12.2 Å². The number of nitrogens with zero attached hydrogens (tertiary/aromatic N) is 5. The molecule has 4 heterocycles. The Morgan fingerprint density at radius 1 is 1.18 bits per heavy atom. The van der Waals surface area contributed by atoms with Crippen LogP contribution in [0.3, 0.4) is 0 Å².